The zero-order valence-electron chi connectivity index (χ0n) is 12.8. The molecule has 1 heterocycles. The van der Waals surface area contributed by atoms with Crippen molar-refractivity contribution in [1.29, 1.82) is 0 Å². The molecule has 1 aromatic carbocycles. The fourth-order valence-corrected chi connectivity index (χ4v) is 3.12. The lowest BCUT2D eigenvalue weighted by Gasteiger charge is -2.18. The molecule has 2 aromatic rings. The van der Waals surface area contributed by atoms with Crippen molar-refractivity contribution < 1.29 is 0 Å². The van der Waals surface area contributed by atoms with Gasteiger partial charge in [0, 0.05) is 35.1 Å². The summed E-state index contributed by atoms with van der Waals surface area (Å²) in [6.45, 7) is 8.44. The van der Waals surface area contributed by atoms with Gasteiger partial charge in [-0.2, -0.15) is 0 Å². The molecule has 3 heteroatoms. The summed E-state index contributed by atoms with van der Waals surface area (Å²) in [6.07, 6.45) is 0. The van der Waals surface area contributed by atoms with Gasteiger partial charge in [0.15, 0.2) is 0 Å². The van der Waals surface area contributed by atoms with Crippen LogP contribution in [0.15, 0.2) is 36.4 Å². The van der Waals surface area contributed by atoms with Crippen molar-refractivity contribution in [2.75, 3.05) is 11.9 Å². The third-order valence-electron chi connectivity index (χ3n) is 3.24. The number of hydrogen-bond donors (Lipinski definition) is 1. The fraction of sp³-hybridized carbons (Fsp3) is 0.412. The van der Waals surface area contributed by atoms with Crippen LogP contribution in [0.25, 0.3) is 0 Å². The molecule has 20 heavy (non-hydrogen) atoms. The number of nitrogens with zero attached hydrogens (tertiary/aromatic N) is 1. The van der Waals surface area contributed by atoms with E-state index in [0.717, 1.165) is 13.1 Å². The standard InChI is InChI=1S/C17H24N2S/c1-13(2)18-11-16-8-9-17(20-16)12-19(4)15-7-5-6-14(3)10-15/h5-10,13,18H,11-12H2,1-4H3. The maximum atomic E-state index is 3.46. The summed E-state index contributed by atoms with van der Waals surface area (Å²) in [5.41, 5.74) is 2.59. The first kappa shape index (κ1) is 15.1. The molecule has 0 aliphatic carbocycles. The van der Waals surface area contributed by atoms with Gasteiger partial charge in [0.05, 0.1) is 6.54 Å². The van der Waals surface area contributed by atoms with E-state index in [2.05, 4.69) is 74.4 Å². The van der Waals surface area contributed by atoms with Crippen LogP contribution in [0.5, 0.6) is 0 Å². The monoisotopic (exact) mass is 288 g/mol. The second-order valence-electron chi connectivity index (χ2n) is 5.60. The first-order chi connectivity index (χ1) is 9.54. The second-order valence-corrected chi connectivity index (χ2v) is 6.85. The molecule has 0 unspecified atom stereocenters. The zero-order valence-corrected chi connectivity index (χ0v) is 13.6. The number of benzene rings is 1. The quantitative estimate of drug-likeness (QED) is 0.857. The van der Waals surface area contributed by atoms with Crippen LogP contribution in [-0.4, -0.2) is 13.1 Å². The van der Waals surface area contributed by atoms with Crippen molar-refractivity contribution in [3.8, 4) is 0 Å². The normalized spacial score (nSPS) is 11.1. The molecule has 0 fully saturated rings. The van der Waals surface area contributed by atoms with Crippen molar-refractivity contribution in [1.82, 2.24) is 5.32 Å². The Labute approximate surface area is 126 Å². The molecular weight excluding hydrogens is 264 g/mol. The van der Waals surface area contributed by atoms with Crippen LogP contribution >= 0.6 is 11.3 Å². The molecule has 0 aliphatic heterocycles. The van der Waals surface area contributed by atoms with E-state index in [0.29, 0.717) is 6.04 Å². The van der Waals surface area contributed by atoms with Crippen molar-refractivity contribution in [2.24, 2.45) is 0 Å². The van der Waals surface area contributed by atoms with E-state index in [9.17, 15) is 0 Å². The number of anilines is 1. The number of rotatable bonds is 6. The first-order valence-electron chi connectivity index (χ1n) is 7.13. The summed E-state index contributed by atoms with van der Waals surface area (Å²) < 4.78 is 0. The lowest BCUT2D eigenvalue weighted by atomic mass is 10.2. The number of nitrogens with one attached hydrogen (secondary N) is 1. The molecule has 0 saturated heterocycles. The van der Waals surface area contributed by atoms with E-state index in [1.165, 1.54) is 21.0 Å². The molecule has 2 nitrogen and oxygen atoms in total. The topological polar surface area (TPSA) is 15.3 Å². The SMILES string of the molecule is Cc1cccc(N(C)Cc2ccc(CNC(C)C)s2)c1. The minimum Gasteiger partial charge on any atom is -0.369 e. The predicted molar refractivity (Wildman–Crippen MR) is 89.6 cm³/mol. The summed E-state index contributed by atoms with van der Waals surface area (Å²) in [7, 11) is 2.15. The van der Waals surface area contributed by atoms with E-state index in [1.807, 2.05) is 11.3 Å². The van der Waals surface area contributed by atoms with Crippen molar-refractivity contribution >= 4 is 17.0 Å². The largest absolute Gasteiger partial charge is 0.369 e. The number of thiophene rings is 1. The number of aryl methyl sites for hydroxylation is 1. The fourth-order valence-electron chi connectivity index (χ4n) is 2.10. The molecule has 0 bridgehead atoms. The minimum atomic E-state index is 0.538. The molecule has 1 aromatic heterocycles. The molecule has 0 saturated carbocycles. The third-order valence-corrected chi connectivity index (χ3v) is 4.31. The highest BCUT2D eigenvalue weighted by atomic mass is 32.1. The van der Waals surface area contributed by atoms with E-state index in [1.54, 1.807) is 0 Å². The Hall–Kier alpha value is -1.32. The maximum absolute atomic E-state index is 3.46. The van der Waals surface area contributed by atoms with Crippen LogP contribution in [0.3, 0.4) is 0 Å². The summed E-state index contributed by atoms with van der Waals surface area (Å²) in [6, 6.07) is 13.7. The van der Waals surface area contributed by atoms with E-state index in [-0.39, 0.29) is 0 Å². The Morgan fingerprint density at radius 3 is 2.60 bits per heavy atom. The Kier molecular flexibility index (Phi) is 5.21. The Morgan fingerprint density at radius 1 is 1.15 bits per heavy atom. The van der Waals surface area contributed by atoms with Crippen LogP contribution in [0.1, 0.15) is 29.2 Å². The van der Waals surface area contributed by atoms with Crippen molar-refractivity contribution in [3.05, 3.63) is 51.7 Å². The average molecular weight is 288 g/mol. The Bertz CT molecular complexity index is 545. The van der Waals surface area contributed by atoms with Gasteiger partial charge in [0.25, 0.3) is 0 Å². The Morgan fingerprint density at radius 2 is 1.90 bits per heavy atom. The van der Waals surface area contributed by atoms with Gasteiger partial charge < -0.3 is 10.2 Å². The van der Waals surface area contributed by atoms with Crippen LogP contribution in [0, 0.1) is 6.92 Å². The maximum Gasteiger partial charge on any atom is 0.0519 e. The van der Waals surface area contributed by atoms with E-state index < -0.39 is 0 Å². The van der Waals surface area contributed by atoms with Crippen LogP contribution in [-0.2, 0) is 13.1 Å². The minimum absolute atomic E-state index is 0.538. The van der Waals surface area contributed by atoms with Crippen LogP contribution < -0.4 is 10.2 Å². The summed E-state index contributed by atoms with van der Waals surface area (Å²) in [4.78, 5) is 5.12. The van der Waals surface area contributed by atoms with Crippen molar-refractivity contribution in [2.45, 2.75) is 39.9 Å². The molecule has 0 radical (unpaired) electrons. The lowest BCUT2D eigenvalue weighted by molar-refractivity contribution is 0.593. The molecule has 0 atom stereocenters. The molecule has 0 amide bonds. The first-order valence-corrected chi connectivity index (χ1v) is 7.95. The summed E-state index contributed by atoms with van der Waals surface area (Å²) in [5, 5.41) is 3.46. The van der Waals surface area contributed by atoms with Crippen LogP contribution in [0.2, 0.25) is 0 Å². The molecule has 1 N–H and O–H groups in total. The van der Waals surface area contributed by atoms with Gasteiger partial charge in [0.1, 0.15) is 0 Å². The number of hydrogen-bond acceptors (Lipinski definition) is 3. The van der Waals surface area contributed by atoms with Gasteiger partial charge >= 0.3 is 0 Å². The molecule has 0 aliphatic rings. The zero-order chi connectivity index (χ0) is 14.5. The summed E-state index contributed by atoms with van der Waals surface area (Å²) >= 11 is 1.90. The van der Waals surface area contributed by atoms with Gasteiger partial charge in [-0.3, -0.25) is 0 Å². The second kappa shape index (κ2) is 6.91. The average Bonchev–Trinajstić information content (AvgIpc) is 2.84. The van der Waals surface area contributed by atoms with E-state index in [4.69, 9.17) is 0 Å². The van der Waals surface area contributed by atoms with E-state index >= 15 is 0 Å². The predicted octanol–water partition coefficient (Wildman–Crippen LogP) is 4.19. The highest BCUT2D eigenvalue weighted by Crippen LogP contribution is 2.21. The summed E-state index contributed by atoms with van der Waals surface area (Å²) in [5.74, 6) is 0. The highest BCUT2D eigenvalue weighted by Gasteiger charge is 2.05. The van der Waals surface area contributed by atoms with Gasteiger partial charge in [-0.15, -0.1) is 11.3 Å². The Balaban J connectivity index is 1.96. The van der Waals surface area contributed by atoms with Gasteiger partial charge in [-0.1, -0.05) is 26.0 Å². The molecule has 0 spiro atoms. The third kappa shape index (κ3) is 4.36. The van der Waals surface area contributed by atoms with Gasteiger partial charge in [-0.05, 0) is 36.8 Å². The molecule has 108 valence electrons. The molecular formula is C17H24N2S. The van der Waals surface area contributed by atoms with Crippen LogP contribution in [0.4, 0.5) is 5.69 Å². The van der Waals surface area contributed by atoms with Gasteiger partial charge in [0.2, 0.25) is 0 Å². The highest BCUT2D eigenvalue weighted by molar-refractivity contribution is 7.12. The lowest BCUT2D eigenvalue weighted by Crippen LogP contribution is -2.21. The van der Waals surface area contributed by atoms with Gasteiger partial charge in [-0.25, -0.2) is 0 Å². The smallest absolute Gasteiger partial charge is 0.0519 e. The molecule has 2 rings (SSSR count). The van der Waals surface area contributed by atoms with Crippen molar-refractivity contribution in [3.63, 3.8) is 0 Å².